The zero-order chi connectivity index (χ0) is 21.3. The third kappa shape index (κ3) is 4.34. The second kappa shape index (κ2) is 8.96. The molecule has 3 aromatic heterocycles. The van der Waals surface area contributed by atoms with E-state index >= 15 is 0 Å². The summed E-state index contributed by atoms with van der Waals surface area (Å²) in [6, 6.07) is 3.57. The van der Waals surface area contributed by atoms with E-state index < -0.39 is 42.2 Å². The van der Waals surface area contributed by atoms with Crippen molar-refractivity contribution in [2.45, 2.75) is 34.7 Å². The summed E-state index contributed by atoms with van der Waals surface area (Å²) in [4.78, 5) is 8.68. The number of aromatic nitrogens is 4. The molecule has 0 aromatic carbocycles. The first-order chi connectivity index (χ1) is 14.5. The molecular weight excluding hydrogens is 435 g/mol. The van der Waals surface area contributed by atoms with Gasteiger partial charge in [0.25, 0.3) is 0 Å². The van der Waals surface area contributed by atoms with Gasteiger partial charge in [0.2, 0.25) is 0 Å². The van der Waals surface area contributed by atoms with Crippen molar-refractivity contribution in [2.24, 2.45) is 0 Å². The first-order valence-electron chi connectivity index (χ1n) is 9.02. The zero-order valence-electron chi connectivity index (χ0n) is 15.4. The summed E-state index contributed by atoms with van der Waals surface area (Å²) in [5.74, 6) is -0.456. The normalized spacial score (nSPS) is 26.6. The van der Waals surface area contributed by atoms with Gasteiger partial charge in [-0.25, -0.2) is 4.39 Å². The SMILES string of the molecule is OCC1O[C@H](Sc2cncc(Cl)c2)C(O)[C@@H](n2cc(-c3ccc(F)cn3)cn2)[C@H]1O. The van der Waals surface area contributed by atoms with Crippen LogP contribution in [0, 0.1) is 5.82 Å². The van der Waals surface area contributed by atoms with E-state index in [1.165, 1.54) is 41.0 Å². The van der Waals surface area contributed by atoms with Gasteiger partial charge in [0.1, 0.15) is 35.6 Å². The summed E-state index contributed by atoms with van der Waals surface area (Å²) in [5, 5.41) is 36.0. The fraction of sp³-hybridized carbons (Fsp3) is 0.316. The van der Waals surface area contributed by atoms with Crippen LogP contribution in [0.5, 0.6) is 0 Å². The van der Waals surface area contributed by atoms with Gasteiger partial charge in [-0.1, -0.05) is 23.4 Å². The van der Waals surface area contributed by atoms with Crippen LogP contribution in [0.4, 0.5) is 4.39 Å². The number of nitrogens with zero attached hydrogens (tertiary/aromatic N) is 4. The highest BCUT2D eigenvalue weighted by Gasteiger charge is 2.46. The summed E-state index contributed by atoms with van der Waals surface area (Å²) in [6.45, 7) is -0.442. The van der Waals surface area contributed by atoms with Crippen molar-refractivity contribution in [1.29, 1.82) is 0 Å². The molecule has 30 heavy (non-hydrogen) atoms. The van der Waals surface area contributed by atoms with Gasteiger partial charge in [-0.15, -0.1) is 0 Å². The molecule has 3 N–H and O–H groups in total. The first kappa shape index (κ1) is 21.2. The fourth-order valence-corrected chi connectivity index (χ4v) is 4.57. The summed E-state index contributed by atoms with van der Waals surface area (Å²) < 4.78 is 20.2. The smallest absolute Gasteiger partial charge is 0.141 e. The molecule has 5 atom stereocenters. The number of rotatable bonds is 5. The minimum Gasteiger partial charge on any atom is -0.394 e. The highest BCUT2D eigenvalue weighted by Crippen LogP contribution is 2.38. The molecule has 1 aliphatic heterocycles. The van der Waals surface area contributed by atoms with E-state index in [4.69, 9.17) is 16.3 Å². The van der Waals surface area contributed by atoms with Crippen LogP contribution in [0.3, 0.4) is 0 Å². The fourth-order valence-electron chi connectivity index (χ4n) is 3.25. The number of aliphatic hydroxyl groups is 3. The molecule has 8 nitrogen and oxygen atoms in total. The van der Waals surface area contributed by atoms with Gasteiger partial charge in [0.15, 0.2) is 0 Å². The van der Waals surface area contributed by atoms with Crippen molar-refractivity contribution in [3.05, 3.63) is 60.0 Å². The van der Waals surface area contributed by atoms with Crippen molar-refractivity contribution in [3.8, 4) is 11.3 Å². The van der Waals surface area contributed by atoms with Crippen LogP contribution in [-0.4, -0.2) is 65.4 Å². The number of hydrogen-bond acceptors (Lipinski definition) is 8. The lowest BCUT2D eigenvalue weighted by molar-refractivity contribution is -0.178. The highest BCUT2D eigenvalue weighted by molar-refractivity contribution is 7.99. The number of thioether (sulfide) groups is 1. The van der Waals surface area contributed by atoms with Crippen molar-refractivity contribution in [2.75, 3.05) is 6.61 Å². The number of aliphatic hydroxyl groups excluding tert-OH is 3. The zero-order valence-corrected chi connectivity index (χ0v) is 17.0. The molecule has 1 fully saturated rings. The van der Waals surface area contributed by atoms with Crippen molar-refractivity contribution in [3.63, 3.8) is 0 Å². The molecule has 1 saturated heterocycles. The number of pyridine rings is 2. The maximum absolute atomic E-state index is 13.1. The second-order valence-corrected chi connectivity index (χ2v) is 8.33. The molecule has 4 rings (SSSR count). The van der Waals surface area contributed by atoms with E-state index in [0.717, 1.165) is 6.20 Å². The maximum atomic E-state index is 13.1. The molecule has 0 saturated carbocycles. The Bertz CT molecular complexity index is 1010. The van der Waals surface area contributed by atoms with E-state index in [1.807, 2.05) is 0 Å². The molecule has 2 unspecified atom stereocenters. The lowest BCUT2D eigenvalue weighted by atomic mass is 9.97. The summed E-state index contributed by atoms with van der Waals surface area (Å²) in [7, 11) is 0. The van der Waals surface area contributed by atoms with Crippen molar-refractivity contribution < 1.29 is 24.4 Å². The van der Waals surface area contributed by atoms with E-state index in [2.05, 4.69) is 15.1 Å². The minimum atomic E-state index is -1.21. The molecule has 4 heterocycles. The van der Waals surface area contributed by atoms with Crippen LogP contribution in [0.1, 0.15) is 6.04 Å². The molecule has 0 spiro atoms. The largest absolute Gasteiger partial charge is 0.394 e. The van der Waals surface area contributed by atoms with Crippen LogP contribution in [0.25, 0.3) is 11.3 Å². The molecule has 158 valence electrons. The monoisotopic (exact) mass is 452 g/mol. The molecule has 0 radical (unpaired) electrons. The van der Waals surface area contributed by atoms with Gasteiger partial charge in [0, 0.05) is 29.0 Å². The van der Waals surface area contributed by atoms with Gasteiger partial charge in [-0.05, 0) is 18.2 Å². The standard InChI is InChI=1S/C19H18ClFN4O4S/c20-11-3-13(7-22-5-11)30-19-18(28)16(17(27)15(9-26)29-19)25-8-10(4-24-25)14-2-1-12(21)6-23-14/h1-8,15-19,26-28H,9H2/t15?,16-,17-,18?,19+/m0/s1. The Morgan fingerprint density at radius 3 is 2.70 bits per heavy atom. The Morgan fingerprint density at radius 2 is 2.00 bits per heavy atom. The summed E-state index contributed by atoms with van der Waals surface area (Å²) in [5.41, 5.74) is 0.269. The van der Waals surface area contributed by atoms with Crippen LogP contribution in [-0.2, 0) is 4.74 Å². The average Bonchev–Trinajstić information content (AvgIpc) is 3.20. The number of ether oxygens (including phenoxy) is 1. The molecule has 0 amide bonds. The van der Waals surface area contributed by atoms with E-state index in [1.54, 1.807) is 18.5 Å². The third-order valence-corrected chi connectivity index (χ3v) is 6.03. The predicted molar refractivity (Wildman–Crippen MR) is 107 cm³/mol. The van der Waals surface area contributed by atoms with Crippen LogP contribution in [0.15, 0.2) is 54.1 Å². The maximum Gasteiger partial charge on any atom is 0.141 e. The molecule has 1 aliphatic rings. The Morgan fingerprint density at radius 1 is 1.17 bits per heavy atom. The molecular formula is C19H18ClFN4O4S. The number of halogens is 2. The van der Waals surface area contributed by atoms with Gasteiger partial charge in [-0.2, -0.15) is 5.10 Å². The van der Waals surface area contributed by atoms with Crippen LogP contribution >= 0.6 is 23.4 Å². The number of hydrogen-bond donors (Lipinski definition) is 3. The van der Waals surface area contributed by atoms with E-state index in [-0.39, 0.29) is 0 Å². The molecule has 0 aliphatic carbocycles. The Kier molecular flexibility index (Phi) is 6.32. The lowest BCUT2D eigenvalue weighted by Gasteiger charge is -2.42. The lowest BCUT2D eigenvalue weighted by Crippen LogP contribution is -2.54. The van der Waals surface area contributed by atoms with Gasteiger partial charge in [0.05, 0.1) is 29.7 Å². The first-order valence-corrected chi connectivity index (χ1v) is 10.3. The van der Waals surface area contributed by atoms with E-state index in [9.17, 15) is 19.7 Å². The quantitative estimate of drug-likeness (QED) is 0.538. The van der Waals surface area contributed by atoms with Crippen LogP contribution in [0.2, 0.25) is 5.02 Å². The minimum absolute atomic E-state index is 0.434. The van der Waals surface area contributed by atoms with E-state index in [0.29, 0.717) is 21.2 Å². The Labute approximate surface area is 180 Å². The van der Waals surface area contributed by atoms with Gasteiger partial charge < -0.3 is 20.1 Å². The predicted octanol–water partition coefficient (Wildman–Crippen LogP) is 1.90. The van der Waals surface area contributed by atoms with Crippen molar-refractivity contribution >= 4 is 23.4 Å². The van der Waals surface area contributed by atoms with Gasteiger partial charge >= 0.3 is 0 Å². The highest BCUT2D eigenvalue weighted by atomic mass is 35.5. The summed E-state index contributed by atoms with van der Waals surface area (Å²) in [6.07, 6.45) is 3.95. The van der Waals surface area contributed by atoms with Gasteiger partial charge in [-0.3, -0.25) is 14.6 Å². The molecule has 3 aromatic rings. The van der Waals surface area contributed by atoms with Crippen LogP contribution < -0.4 is 0 Å². The third-order valence-electron chi connectivity index (χ3n) is 4.71. The molecule has 11 heteroatoms. The molecule has 0 bridgehead atoms. The Balaban J connectivity index is 1.61. The summed E-state index contributed by atoms with van der Waals surface area (Å²) >= 11 is 7.15. The Hall–Kier alpha value is -2.08. The van der Waals surface area contributed by atoms with Crippen molar-refractivity contribution in [1.82, 2.24) is 19.7 Å². The average molecular weight is 453 g/mol. The topological polar surface area (TPSA) is 114 Å². The second-order valence-electron chi connectivity index (χ2n) is 6.72.